The van der Waals surface area contributed by atoms with E-state index in [-0.39, 0.29) is 58.8 Å². The molecule has 2 saturated carbocycles. The highest BCUT2D eigenvalue weighted by molar-refractivity contribution is 5.88. The van der Waals surface area contributed by atoms with Crippen LogP contribution in [-0.2, 0) is 28.5 Å². The Kier molecular flexibility index (Phi) is 11.9. The van der Waals surface area contributed by atoms with E-state index in [2.05, 4.69) is 83.0 Å². The van der Waals surface area contributed by atoms with Crippen LogP contribution < -0.4 is 10.6 Å². The molecular weight excluding hydrogens is 841 g/mol. The van der Waals surface area contributed by atoms with E-state index in [1.54, 1.807) is 0 Å². The van der Waals surface area contributed by atoms with E-state index in [4.69, 9.17) is 28.9 Å². The smallest absolute Gasteiger partial charge is 0.407 e. The molecule has 66 heavy (non-hydrogen) atoms. The first kappa shape index (κ1) is 44.1. The number of carbonyl (C=O) groups is 4. The molecule has 6 fully saturated rings. The van der Waals surface area contributed by atoms with Gasteiger partial charge in [0.2, 0.25) is 11.8 Å². The summed E-state index contributed by atoms with van der Waals surface area (Å²) in [6.45, 7) is 5.84. The Morgan fingerprint density at radius 3 is 1.62 bits per heavy atom. The summed E-state index contributed by atoms with van der Waals surface area (Å²) in [6.07, 6.45) is 12.1. The Labute approximate surface area is 385 Å². The molecule has 2 spiro atoms. The van der Waals surface area contributed by atoms with Gasteiger partial charge in [0.25, 0.3) is 0 Å². The molecule has 4 saturated heterocycles. The molecule has 16 heteroatoms. The topological polar surface area (TPSA) is 193 Å². The van der Waals surface area contributed by atoms with Crippen molar-refractivity contribution in [2.24, 2.45) is 17.3 Å². The molecule has 2 aromatic heterocycles. The van der Waals surface area contributed by atoms with E-state index >= 15 is 0 Å². The largest absolute Gasteiger partial charge is 0.453 e. The number of nitrogens with one attached hydrogen (secondary N) is 4. The van der Waals surface area contributed by atoms with E-state index in [9.17, 15) is 19.2 Å². The average molecular weight is 903 g/mol. The third-order valence-electron chi connectivity index (χ3n) is 15.5. The second-order valence-corrected chi connectivity index (χ2v) is 19.9. The standard InChI is InChI=1S/C50H62N8O8/c1-29-5-15-39(57(29)45(59)41(55-47(61)63-3)35-17-22-66-50(24-35)20-21-50)43-51-25-37(53-43)33-11-7-31(8-12-33)32-9-13-34(14-10-32)38-26-52-44(54-38)40-16-6-30(2)58(40)46(60)42(56-48(62)64-4)36-23-49(18-19-49)28-65-27-36/h7-14,25-26,29-30,35-36,39-42H,5-6,15-24,27-28H2,1-4H3,(H,51,53)(H,52,54)(H,55,61)(H,56,62)/t29-,30-,35-,36+,39-,40-,41-,42-/m0/s1. The minimum absolute atomic E-state index is 0.0148. The number of nitrogens with zero attached hydrogens (tertiary/aromatic N) is 4. The number of carbonyl (C=O) groups excluding carboxylic acids is 4. The maximum absolute atomic E-state index is 14.4. The summed E-state index contributed by atoms with van der Waals surface area (Å²) in [5, 5.41) is 5.78. The predicted molar refractivity (Wildman–Crippen MR) is 243 cm³/mol. The number of benzene rings is 2. The third kappa shape index (κ3) is 8.69. The molecule has 4 aromatic rings. The van der Waals surface area contributed by atoms with Gasteiger partial charge in [-0.2, -0.15) is 0 Å². The molecule has 4 amide bonds. The van der Waals surface area contributed by atoms with Crippen molar-refractivity contribution in [2.45, 2.75) is 126 Å². The third-order valence-corrected chi connectivity index (χ3v) is 15.5. The number of amides is 4. The van der Waals surface area contributed by atoms with Crippen LogP contribution in [0, 0.1) is 17.3 Å². The van der Waals surface area contributed by atoms with E-state index in [1.165, 1.54) is 14.2 Å². The number of hydrogen-bond acceptors (Lipinski definition) is 10. The Hall–Kier alpha value is -5.74. The monoisotopic (exact) mass is 902 g/mol. The zero-order valence-electron chi connectivity index (χ0n) is 38.3. The summed E-state index contributed by atoms with van der Waals surface area (Å²) in [5.41, 5.74) is 5.76. The molecule has 6 aliphatic rings. The van der Waals surface area contributed by atoms with Crippen LogP contribution in [0.15, 0.2) is 60.9 Å². The molecule has 2 aliphatic carbocycles. The first-order chi connectivity index (χ1) is 32.0. The fraction of sp³-hybridized carbons (Fsp3) is 0.560. The van der Waals surface area contributed by atoms with Crippen molar-refractivity contribution >= 4 is 24.0 Å². The van der Waals surface area contributed by atoms with E-state index in [0.717, 1.165) is 109 Å². The maximum atomic E-state index is 14.4. The van der Waals surface area contributed by atoms with Gasteiger partial charge in [0, 0.05) is 24.6 Å². The Morgan fingerprint density at radius 2 is 1.15 bits per heavy atom. The molecule has 10 rings (SSSR count). The van der Waals surface area contributed by atoms with Gasteiger partial charge < -0.3 is 49.3 Å². The molecule has 0 unspecified atom stereocenters. The summed E-state index contributed by atoms with van der Waals surface area (Å²) in [6, 6.07) is 14.7. The number of H-pyrrole nitrogens is 2. The minimum Gasteiger partial charge on any atom is -0.453 e. The van der Waals surface area contributed by atoms with Crippen molar-refractivity contribution in [2.75, 3.05) is 34.0 Å². The fourth-order valence-electron chi connectivity index (χ4n) is 11.4. The number of imidazole rings is 2. The SMILES string of the molecule is COC(=O)N[C@H](C(=O)N1[C@@H](C)CC[C@H]1c1ncc(-c2ccc(-c3ccc(-c4cnc([C@@H]5CC[C@H](C)N5C(=O)[C@@H](NC(=O)OC)[C@H]5CCOC6(CC6)C5)[nH]4)cc3)cc2)[nH]1)[C@H]1COCC2(CC2)C1. The van der Waals surface area contributed by atoms with Crippen LogP contribution in [0.1, 0.15) is 108 Å². The van der Waals surface area contributed by atoms with Crippen LogP contribution in [0.5, 0.6) is 0 Å². The van der Waals surface area contributed by atoms with Gasteiger partial charge in [0.1, 0.15) is 23.7 Å². The van der Waals surface area contributed by atoms with Crippen LogP contribution in [0.2, 0.25) is 0 Å². The normalized spacial score (nSPS) is 27.0. The second kappa shape index (κ2) is 17.8. The zero-order valence-corrected chi connectivity index (χ0v) is 38.3. The van der Waals surface area contributed by atoms with Gasteiger partial charge in [-0.25, -0.2) is 19.6 Å². The first-order valence-electron chi connectivity index (χ1n) is 23.8. The van der Waals surface area contributed by atoms with Gasteiger partial charge in [0.05, 0.1) is 68.9 Å². The number of methoxy groups -OCH3 is 2. The van der Waals surface area contributed by atoms with Crippen LogP contribution >= 0.6 is 0 Å². The lowest BCUT2D eigenvalue weighted by molar-refractivity contribution is -0.140. The highest BCUT2D eigenvalue weighted by Crippen LogP contribution is 2.54. The number of alkyl carbamates (subject to hydrolysis) is 2. The van der Waals surface area contributed by atoms with Gasteiger partial charge in [-0.15, -0.1) is 0 Å². The molecular formula is C50H62N8O8. The van der Waals surface area contributed by atoms with Gasteiger partial charge >= 0.3 is 12.2 Å². The summed E-state index contributed by atoms with van der Waals surface area (Å²) in [7, 11) is 2.65. The van der Waals surface area contributed by atoms with Crippen molar-refractivity contribution in [1.29, 1.82) is 0 Å². The minimum atomic E-state index is -0.745. The van der Waals surface area contributed by atoms with Gasteiger partial charge in [-0.05, 0) is 118 Å². The Balaban J connectivity index is 0.802. The summed E-state index contributed by atoms with van der Waals surface area (Å²) in [4.78, 5) is 74.4. The number of rotatable bonds is 11. The van der Waals surface area contributed by atoms with E-state index in [0.29, 0.717) is 26.2 Å². The highest BCUT2D eigenvalue weighted by Gasteiger charge is 2.53. The van der Waals surface area contributed by atoms with Crippen LogP contribution in [0.4, 0.5) is 9.59 Å². The maximum Gasteiger partial charge on any atom is 0.407 e. The molecule has 350 valence electrons. The molecule has 4 N–H and O–H groups in total. The lowest BCUT2D eigenvalue weighted by Gasteiger charge is -2.38. The number of ether oxygens (including phenoxy) is 4. The van der Waals surface area contributed by atoms with Crippen LogP contribution in [0.25, 0.3) is 33.6 Å². The predicted octanol–water partition coefficient (Wildman–Crippen LogP) is 7.46. The average Bonchev–Trinajstić information content (AvgIpc) is 3.87. The number of aromatic amines is 2. The lowest BCUT2D eigenvalue weighted by Crippen LogP contribution is -2.55. The summed E-state index contributed by atoms with van der Waals surface area (Å²) < 4.78 is 22.0. The Morgan fingerprint density at radius 1 is 0.667 bits per heavy atom. The quantitative estimate of drug-likeness (QED) is 0.117. The van der Waals surface area contributed by atoms with Crippen LogP contribution in [0.3, 0.4) is 0 Å². The van der Waals surface area contributed by atoms with Crippen LogP contribution in [-0.4, -0.2) is 118 Å². The van der Waals surface area contributed by atoms with Crippen molar-refractivity contribution in [3.8, 4) is 33.6 Å². The van der Waals surface area contributed by atoms with E-state index < -0.39 is 24.3 Å². The number of hydrogen-bond donors (Lipinski definition) is 4. The van der Waals surface area contributed by atoms with Gasteiger partial charge in [-0.1, -0.05) is 48.5 Å². The van der Waals surface area contributed by atoms with Crippen molar-refractivity contribution in [3.63, 3.8) is 0 Å². The summed E-state index contributed by atoms with van der Waals surface area (Å²) in [5.74, 6) is 1.07. The molecule has 8 atom stereocenters. The first-order valence-corrected chi connectivity index (χ1v) is 23.8. The molecule has 0 radical (unpaired) electrons. The Bertz CT molecular complexity index is 2260. The number of aromatic nitrogens is 4. The van der Waals surface area contributed by atoms with Crippen molar-refractivity contribution < 1.29 is 38.1 Å². The van der Waals surface area contributed by atoms with E-state index in [1.807, 2.05) is 22.2 Å². The van der Waals surface area contributed by atoms with Crippen molar-refractivity contribution in [1.82, 2.24) is 40.4 Å². The molecule has 4 aliphatic heterocycles. The molecule has 2 aromatic carbocycles. The lowest BCUT2D eigenvalue weighted by atomic mass is 9.84. The summed E-state index contributed by atoms with van der Waals surface area (Å²) >= 11 is 0. The van der Waals surface area contributed by atoms with Gasteiger partial charge in [0.15, 0.2) is 0 Å². The molecule has 0 bridgehead atoms. The molecule has 16 nitrogen and oxygen atoms in total. The molecule has 6 heterocycles. The zero-order chi connectivity index (χ0) is 45.7. The second-order valence-electron chi connectivity index (χ2n) is 19.9. The fourth-order valence-corrected chi connectivity index (χ4v) is 11.4. The van der Waals surface area contributed by atoms with Crippen molar-refractivity contribution in [3.05, 3.63) is 72.6 Å². The number of likely N-dealkylation sites (tertiary alicyclic amines) is 2. The van der Waals surface area contributed by atoms with Gasteiger partial charge in [-0.3, -0.25) is 9.59 Å². The highest BCUT2D eigenvalue weighted by atomic mass is 16.5.